The number of hydrogen-bond donors (Lipinski definition) is 1. The fourth-order valence-electron chi connectivity index (χ4n) is 4.50. The molecule has 3 aliphatic heterocycles. The van der Waals surface area contributed by atoms with Crippen molar-refractivity contribution in [2.24, 2.45) is 16.5 Å². The van der Waals surface area contributed by atoms with Gasteiger partial charge in [-0.3, -0.25) is 0 Å². The van der Waals surface area contributed by atoms with Crippen molar-refractivity contribution in [2.45, 2.75) is 24.8 Å². The SMILES string of the molecule is CC(C)OC(=O)N1CC(CN2CC3(C2)CN(c2ccc(S(N)(=O)=O)cc2)C3)C1. The summed E-state index contributed by atoms with van der Waals surface area (Å²) in [7, 11) is -3.64. The Bertz CT molecular complexity index is 835. The normalized spacial score (nSPS) is 22.0. The first-order valence-corrected chi connectivity index (χ1v) is 11.2. The lowest BCUT2D eigenvalue weighted by Gasteiger charge is -2.62. The van der Waals surface area contributed by atoms with Crippen LogP contribution in [0.25, 0.3) is 0 Å². The number of benzene rings is 1. The third kappa shape index (κ3) is 3.83. The van der Waals surface area contributed by atoms with Gasteiger partial charge in [-0.25, -0.2) is 18.4 Å². The molecule has 3 aliphatic rings. The number of nitrogens with zero attached hydrogens (tertiary/aromatic N) is 3. The van der Waals surface area contributed by atoms with Crippen LogP contribution < -0.4 is 10.0 Å². The molecular formula is C19H28N4O4S. The lowest BCUT2D eigenvalue weighted by atomic mass is 9.72. The summed E-state index contributed by atoms with van der Waals surface area (Å²) >= 11 is 0. The number of sulfonamides is 1. The van der Waals surface area contributed by atoms with Crippen molar-refractivity contribution in [1.82, 2.24) is 9.80 Å². The second-order valence-electron chi connectivity index (χ2n) is 8.77. The number of nitrogens with two attached hydrogens (primary N) is 1. The molecule has 4 rings (SSSR count). The lowest BCUT2D eigenvalue weighted by Crippen LogP contribution is -2.73. The monoisotopic (exact) mass is 408 g/mol. The van der Waals surface area contributed by atoms with Crippen LogP contribution in [0.4, 0.5) is 10.5 Å². The van der Waals surface area contributed by atoms with Gasteiger partial charge in [0, 0.05) is 62.8 Å². The van der Waals surface area contributed by atoms with Gasteiger partial charge in [0.05, 0.1) is 11.0 Å². The van der Waals surface area contributed by atoms with Gasteiger partial charge in [-0.05, 0) is 38.1 Å². The van der Waals surface area contributed by atoms with E-state index in [9.17, 15) is 13.2 Å². The highest BCUT2D eigenvalue weighted by Gasteiger charge is 2.52. The second-order valence-corrected chi connectivity index (χ2v) is 10.3. The molecule has 2 N–H and O–H groups in total. The molecule has 1 aromatic carbocycles. The minimum absolute atomic E-state index is 0.0701. The number of hydrogen-bond acceptors (Lipinski definition) is 6. The van der Waals surface area contributed by atoms with Crippen LogP contribution in [-0.4, -0.2) is 76.2 Å². The van der Waals surface area contributed by atoms with E-state index in [1.807, 2.05) is 26.0 Å². The molecule has 9 heteroatoms. The van der Waals surface area contributed by atoms with Gasteiger partial charge in [0.25, 0.3) is 0 Å². The van der Waals surface area contributed by atoms with Crippen LogP contribution in [0.15, 0.2) is 29.2 Å². The molecule has 8 nitrogen and oxygen atoms in total. The van der Waals surface area contributed by atoms with E-state index in [2.05, 4.69) is 9.80 Å². The molecule has 0 saturated carbocycles. The summed E-state index contributed by atoms with van der Waals surface area (Å²) in [6, 6.07) is 6.77. The van der Waals surface area contributed by atoms with Gasteiger partial charge in [-0.1, -0.05) is 0 Å². The Labute approximate surface area is 166 Å². The van der Waals surface area contributed by atoms with Gasteiger partial charge in [-0.2, -0.15) is 0 Å². The minimum Gasteiger partial charge on any atom is -0.447 e. The predicted molar refractivity (Wildman–Crippen MR) is 106 cm³/mol. The van der Waals surface area contributed by atoms with E-state index >= 15 is 0 Å². The van der Waals surface area contributed by atoms with E-state index in [1.165, 1.54) is 0 Å². The minimum atomic E-state index is -3.64. The van der Waals surface area contributed by atoms with Crippen molar-refractivity contribution < 1.29 is 17.9 Å². The number of primary sulfonamides is 1. The van der Waals surface area contributed by atoms with Crippen LogP contribution in [0, 0.1) is 11.3 Å². The van der Waals surface area contributed by atoms with Gasteiger partial charge < -0.3 is 19.4 Å². The van der Waals surface area contributed by atoms with E-state index in [0.29, 0.717) is 11.3 Å². The first-order chi connectivity index (χ1) is 13.1. The van der Waals surface area contributed by atoms with E-state index in [1.54, 1.807) is 17.0 Å². The fraction of sp³-hybridized carbons (Fsp3) is 0.632. The van der Waals surface area contributed by atoms with E-state index in [4.69, 9.17) is 9.88 Å². The Kier molecular flexibility index (Phi) is 4.79. The third-order valence-electron chi connectivity index (χ3n) is 5.77. The van der Waals surface area contributed by atoms with Crippen molar-refractivity contribution >= 4 is 21.8 Å². The predicted octanol–water partition coefficient (Wildman–Crippen LogP) is 0.933. The lowest BCUT2D eigenvalue weighted by molar-refractivity contribution is -0.0492. The van der Waals surface area contributed by atoms with Crippen molar-refractivity contribution in [3.63, 3.8) is 0 Å². The summed E-state index contributed by atoms with van der Waals surface area (Å²) in [5.74, 6) is 0.541. The molecule has 0 aromatic heterocycles. The summed E-state index contributed by atoms with van der Waals surface area (Å²) in [6.07, 6.45) is -0.270. The molecule has 0 atom stereocenters. The summed E-state index contributed by atoms with van der Waals surface area (Å²) in [4.78, 5) is 18.5. The first-order valence-electron chi connectivity index (χ1n) is 9.69. The Balaban J connectivity index is 1.18. The van der Waals surface area contributed by atoms with Crippen LogP contribution in [0.3, 0.4) is 0 Å². The number of carbonyl (C=O) groups is 1. The van der Waals surface area contributed by atoms with Crippen molar-refractivity contribution in [1.29, 1.82) is 0 Å². The maximum absolute atomic E-state index is 11.8. The standard InChI is InChI=1S/C19H28N4O4S/c1-14(2)27-18(24)22-8-15(9-22)7-21-10-19(11-21)12-23(13-19)16-3-5-17(6-4-16)28(20,25)26/h3-6,14-15H,7-13H2,1-2H3,(H2,20,25,26). The van der Waals surface area contributed by atoms with Crippen LogP contribution >= 0.6 is 0 Å². The Morgan fingerprint density at radius 2 is 1.79 bits per heavy atom. The van der Waals surface area contributed by atoms with E-state index in [0.717, 1.165) is 51.5 Å². The van der Waals surface area contributed by atoms with Crippen LogP contribution in [0.5, 0.6) is 0 Å². The quantitative estimate of drug-likeness (QED) is 0.779. The van der Waals surface area contributed by atoms with E-state index < -0.39 is 10.0 Å². The molecule has 3 saturated heterocycles. The molecule has 0 bridgehead atoms. The highest BCUT2D eigenvalue weighted by Crippen LogP contribution is 2.42. The molecule has 154 valence electrons. The largest absolute Gasteiger partial charge is 0.447 e. The molecule has 1 amide bonds. The first kappa shape index (κ1) is 19.5. The van der Waals surface area contributed by atoms with Gasteiger partial charge >= 0.3 is 6.09 Å². The molecule has 1 spiro atoms. The molecule has 0 aliphatic carbocycles. The molecule has 0 unspecified atom stereocenters. The number of anilines is 1. The summed E-state index contributed by atoms with van der Waals surface area (Å²) < 4.78 is 27.9. The Morgan fingerprint density at radius 3 is 2.32 bits per heavy atom. The topological polar surface area (TPSA) is 96.2 Å². The molecule has 28 heavy (non-hydrogen) atoms. The molecule has 3 fully saturated rings. The third-order valence-corrected chi connectivity index (χ3v) is 6.70. The zero-order valence-corrected chi connectivity index (χ0v) is 17.2. The molecular weight excluding hydrogens is 380 g/mol. The van der Waals surface area contributed by atoms with Gasteiger partial charge in [0.15, 0.2) is 0 Å². The number of likely N-dealkylation sites (tertiary alicyclic amines) is 2. The fourth-order valence-corrected chi connectivity index (χ4v) is 5.02. The zero-order valence-electron chi connectivity index (χ0n) is 16.4. The van der Waals surface area contributed by atoms with Gasteiger partial charge in [0.1, 0.15) is 0 Å². The van der Waals surface area contributed by atoms with Crippen molar-refractivity contribution in [3.05, 3.63) is 24.3 Å². The average molecular weight is 409 g/mol. The van der Waals surface area contributed by atoms with Crippen LogP contribution in [0.2, 0.25) is 0 Å². The summed E-state index contributed by atoms with van der Waals surface area (Å²) in [6.45, 7) is 10.5. The van der Waals surface area contributed by atoms with Crippen molar-refractivity contribution in [2.75, 3.05) is 50.7 Å². The summed E-state index contributed by atoms with van der Waals surface area (Å²) in [5, 5.41) is 5.14. The van der Waals surface area contributed by atoms with Crippen LogP contribution in [0.1, 0.15) is 13.8 Å². The Morgan fingerprint density at radius 1 is 1.18 bits per heavy atom. The molecule has 3 heterocycles. The molecule has 1 aromatic rings. The number of ether oxygens (including phenoxy) is 1. The maximum Gasteiger partial charge on any atom is 0.410 e. The van der Waals surface area contributed by atoms with Gasteiger partial charge in [0.2, 0.25) is 10.0 Å². The number of carbonyl (C=O) groups excluding carboxylic acids is 1. The smallest absolute Gasteiger partial charge is 0.410 e. The highest BCUT2D eigenvalue weighted by atomic mass is 32.2. The van der Waals surface area contributed by atoms with Gasteiger partial charge in [-0.15, -0.1) is 0 Å². The molecule has 0 radical (unpaired) electrons. The summed E-state index contributed by atoms with van der Waals surface area (Å²) in [5.41, 5.74) is 1.40. The average Bonchev–Trinajstić information content (AvgIpc) is 2.48. The van der Waals surface area contributed by atoms with Crippen LogP contribution in [-0.2, 0) is 14.8 Å². The van der Waals surface area contributed by atoms with Crippen molar-refractivity contribution in [3.8, 4) is 0 Å². The highest BCUT2D eigenvalue weighted by molar-refractivity contribution is 7.89. The number of amides is 1. The maximum atomic E-state index is 11.8. The Hall–Kier alpha value is -1.84. The second kappa shape index (κ2) is 6.89. The van der Waals surface area contributed by atoms with E-state index in [-0.39, 0.29) is 17.1 Å². The number of rotatable bonds is 5. The zero-order chi connectivity index (χ0) is 20.1.